The standard InChI is InChI=1S/C17H25N/c1-14-7-3-4-8-15(14)13-18-16-9-12-17(16)10-5-2-6-11-17/h3-4,7-8,16,18H,2,5-6,9-13H2,1H3. The average molecular weight is 243 g/mol. The van der Waals surface area contributed by atoms with Gasteiger partial charge in [0.1, 0.15) is 0 Å². The van der Waals surface area contributed by atoms with Gasteiger partial charge >= 0.3 is 0 Å². The average Bonchev–Trinajstić information content (AvgIpc) is 2.41. The summed E-state index contributed by atoms with van der Waals surface area (Å²) in [5.74, 6) is 0. The Hall–Kier alpha value is -0.820. The van der Waals surface area contributed by atoms with E-state index in [0.29, 0.717) is 5.41 Å². The van der Waals surface area contributed by atoms with Crippen molar-refractivity contribution in [2.75, 3.05) is 0 Å². The summed E-state index contributed by atoms with van der Waals surface area (Å²) in [5, 5.41) is 3.84. The molecule has 1 spiro atoms. The molecule has 1 N–H and O–H groups in total. The zero-order chi connectivity index (χ0) is 12.4. The number of nitrogens with one attached hydrogen (secondary N) is 1. The van der Waals surface area contributed by atoms with Crippen molar-refractivity contribution in [1.29, 1.82) is 0 Å². The highest BCUT2D eigenvalue weighted by atomic mass is 15.0. The quantitative estimate of drug-likeness (QED) is 0.839. The van der Waals surface area contributed by atoms with Gasteiger partial charge in [-0.2, -0.15) is 0 Å². The van der Waals surface area contributed by atoms with E-state index in [1.165, 1.54) is 56.1 Å². The van der Waals surface area contributed by atoms with Gasteiger partial charge in [-0.05, 0) is 49.1 Å². The van der Waals surface area contributed by atoms with Crippen molar-refractivity contribution >= 4 is 0 Å². The minimum Gasteiger partial charge on any atom is -0.309 e. The molecular formula is C17H25N. The van der Waals surface area contributed by atoms with E-state index in [9.17, 15) is 0 Å². The summed E-state index contributed by atoms with van der Waals surface area (Å²) in [6.45, 7) is 3.27. The van der Waals surface area contributed by atoms with Crippen molar-refractivity contribution in [3.8, 4) is 0 Å². The second-order valence-corrected chi connectivity index (χ2v) is 6.32. The maximum atomic E-state index is 3.84. The molecule has 1 unspecified atom stereocenters. The highest BCUT2D eigenvalue weighted by Crippen LogP contribution is 2.51. The van der Waals surface area contributed by atoms with Crippen LogP contribution in [-0.2, 0) is 6.54 Å². The van der Waals surface area contributed by atoms with Crippen LogP contribution in [0.5, 0.6) is 0 Å². The fourth-order valence-corrected chi connectivity index (χ4v) is 3.91. The van der Waals surface area contributed by atoms with Gasteiger partial charge in [0, 0.05) is 12.6 Å². The first-order chi connectivity index (χ1) is 8.80. The van der Waals surface area contributed by atoms with Gasteiger partial charge in [-0.25, -0.2) is 0 Å². The normalized spacial score (nSPS) is 25.9. The fraction of sp³-hybridized carbons (Fsp3) is 0.647. The highest BCUT2D eigenvalue weighted by molar-refractivity contribution is 5.25. The number of benzene rings is 1. The second kappa shape index (κ2) is 5.05. The Kier molecular flexibility index (Phi) is 3.43. The Bertz CT molecular complexity index is 404. The van der Waals surface area contributed by atoms with Crippen molar-refractivity contribution in [3.05, 3.63) is 35.4 Å². The van der Waals surface area contributed by atoms with Crippen LogP contribution in [0.15, 0.2) is 24.3 Å². The van der Waals surface area contributed by atoms with Crippen LogP contribution in [0.1, 0.15) is 56.1 Å². The van der Waals surface area contributed by atoms with Crippen molar-refractivity contribution < 1.29 is 0 Å². The third-order valence-electron chi connectivity index (χ3n) is 5.32. The molecule has 0 aromatic heterocycles. The lowest BCUT2D eigenvalue weighted by Crippen LogP contribution is -2.54. The summed E-state index contributed by atoms with van der Waals surface area (Å²) < 4.78 is 0. The monoisotopic (exact) mass is 243 g/mol. The molecule has 0 saturated heterocycles. The van der Waals surface area contributed by atoms with Crippen molar-refractivity contribution in [2.45, 2.75) is 64.5 Å². The van der Waals surface area contributed by atoms with Crippen molar-refractivity contribution in [2.24, 2.45) is 5.41 Å². The largest absolute Gasteiger partial charge is 0.309 e. The zero-order valence-electron chi connectivity index (χ0n) is 11.5. The predicted octanol–water partition coefficient (Wildman–Crippen LogP) is 4.20. The molecule has 18 heavy (non-hydrogen) atoms. The molecule has 2 saturated carbocycles. The molecule has 0 radical (unpaired) electrons. The molecule has 2 aliphatic carbocycles. The van der Waals surface area contributed by atoms with E-state index in [-0.39, 0.29) is 0 Å². The van der Waals surface area contributed by atoms with Gasteiger partial charge in [0.05, 0.1) is 0 Å². The minimum atomic E-state index is 0.681. The van der Waals surface area contributed by atoms with Crippen LogP contribution in [0.3, 0.4) is 0 Å². The molecule has 1 heteroatoms. The number of hydrogen-bond acceptors (Lipinski definition) is 1. The number of aryl methyl sites for hydroxylation is 1. The molecule has 1 aromatic carbocycles. The predicted molar refractivity (Wildman–Crippen MR) is 76.6 cm³/mol. The van der Waals surface area contributed by atoms with Crippen molar-refractivity contribution in [3.63, 3.8) is 0 Å². The molecule has 0 amide bonds. The second-order valence-electron chi connectivity index (χ2n) is 6.32. The lowest BCUT2D eigenvalue weighted by atomic mass is 9.57. The van der Waals surface area contributed by atoms with Crippen LogP contribution in [-0.4, -0.2) is 6.04 Å². The first-order valence-electron chi connectivity index (χ1n) is 7.58. The summed E-state index contributed by atoms with van der Waals surface area (Å²) in [4.78, 5) is 0. The maximum Gasteiger partial charge on any atom is 0.0210 e. The molecule has 98 valence electrons. The molecule has 1 atom stereocenters. The van der Waals surface area contributed by atoms with Gasteiger partial charge in [-0.15, -0.1) is 0 Å². The van der Waals surface area contributed by atoms with Crippen LogP contribution >= 0.6 is 0 Å². The first-order valence-corrected chi connectivity index (χ1v) is 7.58. The summed E-state index contributed by atoms with van der Waals surface area (Å²) in [7, 11) is 0. The van der Waals surface area contributed by atoms with Gasteiger partial charge in [0.25, 0.3) is 0 Å². The molecule has 3 rings (SSSR count). The molecule has 0 bridgehead atoms. The lowest BCUT2D eigenvalue weighted by Gasteiger charge is -2.52. The molecule has 1 nitrogen and oxygen atoms in total. The van der Waals surface area contributed by atoms with E-state index < -0.39 is 0 Å². The summed E-state index contributed by atoms with van der Waals surface area (Å²) in [5.41, 5.74) is 3.57. The smallest absolute Gasteiger partial charge is 0.0210 e. The summed E-state index contributed by atoms with van der Waals surface area (Å²) in [6, 6.07) is 9.55. The van der Waals surface area contributed by atoms with E-state index in [1.807, 2.05) is 0 Å². The fourth-order valence-electron chi connectivity index (χ4n) is 3.91. The summed E-state index contributed by atoms with van der Waals surface area (Å²) >= 11 is 0. The first kappa shape index (κ1) is 12.2. The van der Waals surface area contributed by atoms with Gasteiger partial charge < -0.3 is 5.32 Å². The highest BCUT2D eigenvalue weighted by Gasteiger charge is 2.46. The molecular weight excluding hydrogens is 218 g/mol. The zero-order valence-corrected chi connectivity index (χ0v) is 11.5. The van der Waals surface area contributed by atoms with E-state index in [2.05, 4.69) is 36.5 Å². The Morgan fingerprint density at radius 1 is 1.11 bits per heavy atom. The topological polar surface area (TPSA) is 12.0 Å². The third kappa shape index (κ3) is 2.21. The Labute approximate surface area is 111 Å². The van der Waals surface area contributed by atoms with E-state index in [4.69, 9.17) is 0 Å². The van der Waals surface area contributed by atoms with Crippen molar-refractivity contribution in [1.82, 2.24) is 5.32 Å². The maximum absolute atomic E-state index is 3.84. The Morgan fingerprint density at radius 2 is 1.89 bits per heavy atom. The molecule has 2 aliphatic rings. The van der Waals surface area contributed by atoms with E-state index in [1.54, 1.807) is 0 Å². The minimum absolute atomic E-state index is 0.681. The van der Waals surface area contributed by atoms with E-state index in [0.717, 1.165) is 12.6 Å². The number of rotatable bonds is 3. The summed E-state index contributed by atoms with van der Waals surface area (Å²) in [6.07, 6.45) is 10.2. The SMILES string of the molecule is Cc1ccccc1CNC1CCC12CCCCC2. The van der Waals surface area contributed by atoms with Gasteiger partial charge in [-0.1, -0.05) is 43.5 Å². The number of hydrogen-bond donors (Lipinski definition) is 1. The molecule has 0 aliphatic heterocycles. The van der Waals surface area contributed by atoms with Crippen LogP contribution in [0.25, 0.3) is 0 Å². The lowest BCUT2D eigenvalue weighted by molar-refractivity contribution is 0.0221. The molecule has 2 fully saturated rings. The van der Waals surface area contributed by atoms with Crippen LogP contribution in [0.4, 0.5) is 0 Å². The van der Waals surface area contributed by atoms with Crippen LogP contribution < -0.4 is 5.32 Å². The Morgan fingerprint density at radius 3 is 2.56 bits per heavy atom. The molecule has 1 aromatic rings. The van der Waals surface area contributed by atoms with E-state index >= 15 is 0 Å². The molecule has 0 heterocycles. The van der Waals surface area contributed by atoms with Crippen LogP contribution in [0, 0.1) is 12.3 Å². The van der Waals surface area contributed by atoms with Gasteiger partial charge in [-0.3, -0.25) is 0 Å². The van der Waals surface area contributed by atoms with Crippen LogP contribution in [0.2, 0.25) is 0 Å². The van der Waals surface area contributed by atoms with Gasteiger partial charge in [0.2, 0.25) is 0 Å². The van der Waals surface area contributed by atoms with Gasteiger partial charge in [0.15, 0.2) is 0 Å². The Balaban J connectivity index is 1.59. The third-order valence-corrected chi connectivity index (χ3v) is 5.32.